The van der Waals surface area contributed by atoms with E-state index in [1.807, 2.05) is 4.90 Å². The molecule has 1 aromatic heterocycles. The number of para-hydroxylation sites is 1. The Balaban J connectivity index is 1.49. The van der Waals surface area contributed by atoms with Crippen LogP contribution in [0, 0.1) is 12.8 Å². The molecule has 1 saturated heterocycles. The summed E-state index contributed by atoms with van der Waals surface area (Å²) in [5, 5.41) is 4.34. The molecule has 1 fully saturated rings. The molecule has 1 atom stereocenters. The van der Waals surface area contributed by atoms with Gasteiger partial charge in [-0.2, -0.15) is 0 Å². The molecule has 1 aromatic carbocycles. The molecule has 0 radical (unpaired) electrons. The molecule has 2 heterocycles. The highest BCUT2D eigenvalue weighted by Crippen LogP contribution is 2.21. The van der Waals surface area contributed by atoms with Gasteiger partial charge in [0.15, 0.2) is 0 Å². The minimum atomic E-state index is 0.0762. The zero-order valence-electron chi connectivity index (χ0n) is 14.9. The molecular formula is C19H28N4O. The lowest BCUT2D eigenvalue weighted by Gasteiger charge is -2.19. The Bertz CT molecular complexity index is 706. The molecule has 2 aromatic rings. The number of hydrogen-bond donors (Lipinski definition) is 2. The Morgan fingerprint density at radius 1 is 1.42 bits per heavy atom. The number of hydrogen-bond acceptors (Lipinski definition) is 2. The number of aromatic amines is 1. The number of amides is 2. The second kappa shape index (κ2) is 7.26. The summed E-state index contributed by atoms with van der Waals surface area (Å²) >= 11 is 0. The molecular weight excluding hydrogens is 300 g/mol. The number of nitrogens with one attached hydrogen (secondary N) is 2. The van der Waals surface area contributed by atoms with Crippen LogP contribution < -0.4 is 5.32 Å². The van der Waals surface area contributed by atoms with Crippen LogP contribution >= 0.6 is 0 Å². The van der Waals surface area contributed by atoms with Crippen LogP contribution in [0.4, 0.5) is 4.79 Å². The Hall–Kier alpha value is -2.01. The summed E-state index contributed by atoms with van der Waals surface area (Å²) in [4.78, 5) is 19.8. The van der Waals surface area contributed by atoms with Crippen LogP contribution in [0.15, 0.2) is 24.4 Å². The van der Waals surface area contributed by atoms with Gasteiger partial charge >= 0.3 is 6.03 Å². The molecule has 5 heteroatoms. The zero-order valence-corrected chi connectivity index (χ0v) is 14.9. The normalized spacial score (nSPS) is 17.8. The summed E-state index contributed by atoms with van der Waals surface area (Å²) in [6.07, 6.45) is 4.02. The SMILES string of the molecule is Cc1cccc2c(CCNC(=O)N3CCC(CN(C)C)C3)c[nH]c12. The van der Waals surface area contributed by atoms with E-state index in [2.05, 4.69) is 60.6 Å². The summed E-state index contributed by atoms with van der Waals surface area (Å²) in [5.74, 6) is 0.599. The minimum absolute atomic E-state index is 0.0762. The van der Waals surface area contributed by atoms with Crippen LogP contribution in [0.1, 0.15) is 17.5 Å². The molecule has 5 nitrogen and oxygen atoms in total. The van der Waals surface area contributed by atoms with Crippen LogP contribution in [0.5, 0.6) is 0 Å². The third-order valence-electron chi connectivity index (χ3n) is 4.88. The summed E-state index contributed by atoms with van der Waals surface area (Å²) < 4.78 is 0. The van der Waals surface area contributed by atoms with Crippen LogP contribution in [0.3, 0.4) is 0 Å². The fourth-order valence-electron chi connectivity index (χ4n) is 3.67. The van der Waals surface area contributed by atoms with Crippen molar-refractivity contribution in [3.8, 4) is 0 Å². The Labute approximate surface area is 144 Å². The maximum Gasteiger partial charge on any atom is 0.317 e. The molecule has 1 unspecified atom stereocenters. The maximum absolute atomic E-state index is 12.3. The first-order valence-corrected chi connectivity index (χ1v) is 8.77. The number of carbonyl (C=O) groups excluding carboxylic acids is 1. The summed E-state index contributed by atoms with van der Waals surface area (Å²) in [7, 11) is 4.18. The van der Waals surface area contributed by atoms with Gasteiger partial charge in [0, 0.05) is 43.3 Å². The predicted octanol–water partition coefficient (Wildman–Crippen LogP) is 2.61. The lowest BCUT2D eigenvalue weighted by Crippen LogP contribution is -2.39. The molecule has 2 amide bonds. The highest BCUT2D eigenvalue weighted by Gasteiger charge is 2.26. The van der Waals surface area contributed by atoms with Crippen molar-refractivity contribution in [1.29, 1.82) is 0 Å². The Morgan fingerprint density at radius 2 is 2.25 bits per heavy atom. The number of benzene rings is 1. The zero-order chi connectivity index (χ0) is 17.1. The van der Waals surface area contributed by atoms with Gasteiger partial charge in [-0.1, -0.05) is 18.2 Å². The van der Waals surface area contributed by atoms with Gasteiger partial charge in [-0.15, -0.1) is 0 Å². The van der Waals surface area contributed by atoms with Crippen molar-refractivity contribution >= 4 is 16.9 Å². The van der Waals surface area contributed by atoms with Gasteiger partial charge in [-0.3, -0.25) is 0 Å². The molecule has 130 valence electrons. The predicted molar refractivity (Wildman–Crippen MR) is 98.4 cm³/mol. The molecule has 0 bridgehead atoms. The van der Waals surface area contributed by atoms with E-state index >= 15 is 0 Å². The standard InChI is InChI=1S/C19H28N4O/c1-14-5-4-6-17-16(11-21-18(14)17)7-9-20-19(24)23-10-8-15(13-23)12-22(2)3/h4-6,11,15,21H,7-10,12-13H2,1-3H3,(H,20,24). The maximum atomic E-state index is 12.3. The fourth-order valence-corrected chi connectivity index (χ4v) is 3.67. The molecule has 24 heavy (non-hydrogen) atoms. The van der Waals surface area contributed by atoms with Crippen molar-refractivity contribution in [2.75, 3.05) is 40.3 Å². The number of aryl methyl sites for hydroxylation is 1. The number of aromatic nitrogens is 1. The molecule has 1 aliphatic heterocycles. The second-order valence-electron chi connectivity index (χ2n) is 7.16. The number of H-pyrrole nitrogens is 1. The molecule has 0 aliphatic carbocycles. The first-order chi connectivity index (χ1) is 11.5. The van der Waals surface area contributed by atoms with Crippen molar-refractivity contribution < 1.29 is 4.79 Å². The largest absolute Gasteiger partial charge is 0.361 e. The molecule has 1 aliphatic rings. The fraction of sp³-hybridized carbons (Fsp3) is 0.526. The van der Waals surface area contributed by atoms with E-state index in [0.29, 0.717) is 12.5 Å². The van der Waals surface area contributed by atoms with Gasteiger partial charge in [0.05, 0.1) is 0 Å². The Kier molecular flexibility index (Phi) is 5.09. The monoisotopic (exact) mass is 328 g/mol. The third-order valence-corrected chi connectivity index (χ3v) is 4.88. The minimum Gasteiger partial charge on any atom is -0.361 e. The number of rotatable bonds is 5. The molecule has 2 N–H and O–H groups in total. The summed E-state index contributed by atoms with van der Waals surface area (Å²) in [6, 6.07) is 6.42. The summed E-state index contributed by atoms with van der Waals surface area (Å²) in [5.41, 5.74) is 3.72. The van der Waals surface area contributed by atoms with Crippen LogP contribution in [-0.2, 0) is 6.42 Å². The second-order valence-corrected chi connectivity index (χ2v) is 7.16. The average Bonchev–Trinajstić information content (AvgIpc) is 3.15. The van der Waals surface area contributed by atoms with Gasteiger partial charge < -0.3 is 20.1 Å². The van der Waals surface area contributed by atoms with Crippen molar-refractivity contribution in [3.05, 3.63) is 35.5 Å². The van der Waals surface area contributed by atoms with E-state index in [1.54, 1.807) is 0 Å². The quantitative estimate of drug-likeness (QED) is 0.886. The molecule has 0 saturated carbocycles. The van der Waals surface area contributed by atoms with Gasteiger partial charge in [0.2, 0.25) is 0 Å². The highest BCUT2D eigenvalue weighted by molar-refractivity contribution is 5.86. The highest BCUT2D eigenvalue weighted by atomic mass is 16.2. The van der Waals surface area contributed by atoms with Crippen LogP contribution in [0.25, 0.3) is 10.9 Å². The lowest BCUT2D eigenvalue weighted by molar-refractivity contribution is 0.205. The number of nitrogens with zero attached hydrogens (tertiary/aromatic N) is 2. The third kappa shape index (κ3) is 3.73. The summed E-state index contributed by atoms with van der Waals surface area (Å²) in [6.45, 7) is 5.59. The smallest absolute Gasteiger partial charge is 0.317 e. The van der Waals surface area contributed by atoms with Gasteiger partial charge in [0.1, 0.15) is 0 Å². The topological polar surface area (TPSA) is 51.4 Å². The van der Waals surface area contributed by atoms with E-state index in [0.717, 1.165) is 32.5 Å². The molecule has 3 rings (SSSR count). The van der Waals surface area contributed by atoms with E-state index in [4.69, 9.17) is 0 Å². The lowest BCUT2D eigenvalue weighted by atomic mass is 10.1. The van der Waals surface area contributed by atoms with E-state index in [-0.39, 0.29) is 6.03 Å². The molecule has 0 spiro atoms. The van der Waals surface area contributed by atoms with Gasteiger partial charge in [-0.05, 0) is 50.9 Å². The van der Waals surface area contributed by atoms with E-state index < -0.39 is 0 Å². The average molecular weight is 328 g/mol. The van der Waals surface area contributed by atoms with Crippen molar-refractivity contribution in [3.63, 3.8) is 0 Å². The number of carbonyl (C=O) groups is 1. The van der Waals surface area contributed by atoms with Crippen LogP contribution in [0.2, 0.25) is 0 Å². The first-order valence-electron chi connectivity index (χ1n) is 8.77. The Morgan fingerprint density at radius 3 is 3.04 bits per heavy atom. The van der Waals surface area contributed by atoms with Gasteiger partial charge in [-0.25, -0.2) is 4.79 Å². The van der Waals surface area contributed by atoms with Gasteiger partial charge in [0.25, 0.3) is 0 Å². The first kappa shape index (κ1) is 16.8. The van der Waals surface area contributed by atoms with E-state index in [9.17, 15) is 4.79 Å². The number of fused-ring (bicyclic) bond motifs is 1. The number of urea groups is 1. The van der Waals surface area contributed by atoms with Crippen molar-refractivity contribution in [1.82, 2.24) is 20.1 Å². The van der Waals surface area contributed by atoms with E-state index in [1.165, 1.54) is 22.0 Å². The van der Waals surface area contributed by atoms with Crippen LogP contribution in [-0.4, -0.2) is 61.1 Å². The number of likely N-dealkylation sites (tertiary alicyclic amines) is 1. The van der Waals surface area contributed by atoms with Crippen molar-refractivity contribution in [2.45, 2.75) is 19.8 Å². The van der Waals surface area contributed by atoms with Crippen molar-refractivity contribution in [2.24, 2.45) is 5.92 Å².